The Morgan fingerprint density at radius 2 is 1.90 bits per heavy atom. The molecule has 2 aromatic rings. The molecule has 0 atom stereocenters. The van der Waals surface area contributed by atoms with Crippen LogP contribution in [0.3, 0.4) is 0 Å². The predicted molar refractivity (Wildman–Crippen MR) is 86.7 cm³/mol. The maximum Gasteiger partial charge on any atom is 0.223 e. The van der Waals surface area contributed by atoms with Gasteiger partial charge in [-0.15, -0.1) is 0 Å². The first-order valence-electron chi connectivity index (χ1n) is 7.44. The number of aromatic nitrogens is 2. The van der Waals surface area contributed by atoms with Crippen molar-refractivity contribution in [2.45, 2.75) is 40.2 Å². The molecule has 0 amide bonds. The summed E-state index contributed by atoms with van der Waals surface area (Å²) in [4.78, 5) is 8.92. The molecule has 0 aliphatic carbocycles. The van der Waals surface area contributed by atoms with Gasteiger partial charge in [-0.3, -0.25) is 0 Å². The van der Waals surface area contributed by atoms with E-state index in [0.29, 0.717) is 5.95 Å². The molecule has 0 saturated carbocycles. The van der Waals surface area contributed by atoms with Crippen molar-refractivity contribution in [1.29, 1.82) is 0 Å². The minimum Gasteiger partial charge on any atom is -0.491 e. The molecule has 112 valence electrons. The molecule has 2 rings (SSSR count). The first-order chi connectivity index (χ1) is 10.1. The number of anilines is 1. The van der Waals surface area contributed by atoms with Crippen LogP contribution in [0.5, 0.6) is 5.75 Å². The van der Waals surface area contributed by atoms with Crippen molar-refractivity contribution < 1.29 is 4.74 Å². The lowest BCUT2D eigenvalue weighted by atomic mass is 10.1. The monoisotopic (exact) mass is 285 g/mol. The fourth-order valence-electron chi connectivity index (χ4n) is 2.02. The molecule has 1 aromatic heterocycles. The SMILES string of the molecule is CCCNc1ncc(C)c(-c2ccc(OC(C)C)cc2)n1. The van der Waals surface area contributed by atoms with Gasteiger partial charge in [-0.05, 0) is 57.0 Å². The third kappa shape index (κ3) is 4.18. The van der Waals surface area contributed by atoms with Gasteiger partial charge >= 0.3 is 0 Å². The van der Waals surface area contributed by atoms with Gasteiger partial charge in [0.05, 0.1) is 11.8 Å². The predicted octanol–water partition coefficient (Wildman–Crippen LogP) is 4.06. The highest BCUT2D eigenvalue weighted by atomic mass is 16.5. The van der Waals surface area contributed by atoms with Gasteiger partial charge in [0, 0.05) is 18.3 Å². The molecule has 4 heteroatoms. The van der Waals surface area contributed by atoms with Gasteiger partial charge in [-0.2, -0.15) is 0 Å². The zero-order valence-electron chi connectivity index (χ0n) is 13.2. The van der Waals surface area contributed by atoms with Crippen LogP contribution >= 0.6 is 0 Å². The lowest BCUT2D eigenvalue weighted by Gasteiger charge is -2.11. The Morgan fingerprint density at radius 1 is 1.19 bits per heavy atom. The van der Waals surface area contributed by atoms with Crippen molar-refractivity contribution in [3.05, 3.63) is 36.0 Å². The van der Waals surface area contributed by atoms with Crippen LogP contribution in [0.2, 0.25) is 0 Å². The molecule has 0 fully saturated rings. The number of ether oxygens (including phenoxy) is 1. The number of nitrogens with zero attached hydrogens (tertiary/aromatic N) is 2. The van der Waals surface area contributed by atoms with E-state index in [-0.39, 0.29) is 6.10 Å². The normalized spacial score (nSPS) is 10.7. The molecule has 0 unspecified atom stereocenters. The first-order valence-corrected chi connectivity index (χ1v) is 7.44. The van der Waals surface area contributed by atoms with E-state index in [9.17, 15) is 0 Å². The van der Waals surface area contributed by atoms with Crippen molar-refractivity contribution in [2.75, 3.05) is 11.9 Å². The lowest BCUT2D eigenvalue weighted by molar-refractivity contribution is 0.242. The fraction of sp³-hybridized carbons (Fsp3) is 0.412. The van der Waals surface area contributed by atoms with E-state index in [4.69, 9.17) is 4.74 Å². The number of nitrogens with one attached hydrogen (secondary N) is 1. The van der Waals surface area contributed by atoms with Gasteiger partial charge in [-0.1, -0.05) is 6.92 Å². The molecule has 0 radical (unpaired) electrons. The van der Waals surface area contributed by atoms with E-state index in [1.807, 2.05) is 51.2 Å². The highest BCUT2D eigenvalue weighted by Gasteiger charge is 2.07. The molecule has 0 spiro atoms. The molecule has 1 N–H and O–H groups in total. The van der Waals surface area contributed by atoms with Gasteiger partial charge in [0.25, 0.3) is 0 Å². The second-order valence-corrected chi connectivity index (χ2v) is 5.34. The number of benzene rings is 1. The summed E-state index contributed by atoms with van der Waals surface area (Å²) in [6, 6.07) is 8.04. The summed E-state index contributed by atoms with van der Waals surface area (Å²) in [5.41, 5.74) is 3.10. The van der Waals surface area contributed by atoms with E-state index in [1.54, 1.807) is 0 Å². The average molecular weight is 285 g/mol. The first kappa shape index (κ1) is 15.3. The minimum absolute atomic E-state index is 0.182. The van der Waals surface area contributed by atoms with E-state index >= 15 is 0 Å². The van der Waals surface area contributed by atoms with Crippen LogP contribution in [0.25, 0.3) is 11.3 Å². The Balaban J connectivity index is 2.23. The van der Waals surface area contributed by atoms with Crippen molar-refractivity contribution in [2.24, 2.45) is 0 Å². The van der Waals surface area contributed by atoms with E-state index in [2.05, 4.69) is 22.2 Å². The Kier molecular flexibility index (Phi) is 5.14. The zero-order chi connectivity index (χ0) is 15.2. The van der Waals surface area contributed by atoms with Gasteiger partial charge < -0.3 is 10.1 Å². The number of hydrogen-bond acceptors (Lipinski definition) is 4. The highest BCUT2D eigenvalue weighted by molar-refractivity contribution is 5.64. The van der Waals surface area contributed by atoms with Crippen LogP contribution in [-0.2, 0) is 0 Å². The molecular weight excluding hydrogens is 262 g/mol. The van der Waals surface area contributed by atoms with E-state index in [0.717, 1.165) is 35.5 Å². The second-order valence-electron chi connectivity index (χ2n) is 5.34. The van der Waals surface area contributed by atoms with Gasteiger partial charge in [0.15, 0.2) is 0 Å². The molecule has 0 aliphatic rings. The van der Waals surface area contributed by atoms with Crippen molar-refractivity contribution >= 4 is 5.95 Å². The standard InChI is InChI=1S/C17H23N3O/c1-5-10-18-17-19-11-13(4)16(20-17)14-6-8-15(9-7-14)21-12(2)3/h6-9,11-12H,5,10H2,1-4H3,(H,18,19,20). The van der Waals surface area contributed by atoms with Crippen molar-refractivity contribution in [3.63, 3.8) is 0 Å². The number of hydrogen-bond donors (Lipinski definition) is 1. The largest absolute Gasteiger partial charge is 0.491 e. The van der Waals surface area contributed by atoms with Crippen molar-refractivity contribution in [1.82, 2.24) is 9.97 Å². The van der Waals surface area contributed by atoms with E-state index < -0.39 is 0 Å². The highest BCUT2D eigenvalue weighted by Crippen LogP contribution is 2.24. The molecule has 4 nitrogen and oxygen atoms in total. The minimum atomic E-state index is 0.182. The Morgan fingerprint density at radius 3 is 2.52 bits per heavy atom. The Hall–Kier alpha value is -2.10. The third-order valence-electron chi connectivity index (χ3n) is 3.00. The van der Waals surface area contributed by atoms with Crippen LogP contribution in [-0.4, -0.2) is 22.6 Å². The summed E-state index contributed by atoms with van der Waals surface area (Å²) < 4.78 is 5.67. The molecule has 1 aromatic carbocycles. The maximum atomic E-state index is 5.67. The Labute approximate surface area is 126 Å². The molecule has 0 aliphatic heterocycles. The summed E-state index contributed by atoms with van der Waals surface area (Å²) >= 11 is 0. The zero-order valence-corrected chi connectivity index (χ0v) is 13.2. The fourth-order valence-corrected chi connectivity index (χ4v) is 2.02. The second kappa shape index (κ2) is 7.07. The molecule has 1 heterocycles. The smallest absolute Gasteiger partial charge is 0.223 e. The molecule has 0 bridgehead atoms. The Bertz CT molecular complexity index is 579. The van der Waals surface area contributed by atoms with E-state index in [1.165, 1.54) is 0 Å². The van der Waals surface area contributed by atoms with Crippen molar-refractivity contribution in [3.8, 4) is 17.0 Å². The molecular formula is C17H23N3O. The van der Waals surface area contributed by atoms with Crippen LogP contribution in [0.1, 0.15) is 32.8 Å². The quantitative estimate of drug-likeness (QED) is 0.869. The van der Waals surface area contributed by atoms with Crippen LogP contribution in [0.4, 0.5) is 5.95 Å². The maximum absolute atomic E-state index is 5.67. The summed E-state index contributed by atoms with van der Waals surface area (Å²) in [7, 11) is 0. The van der Waals surface area contributed by atoms with Gasteiger partial charge in [-0.25, -0.2) is 9.97 Å². The topological polar surface area (TPSA) is 47.0 Å². The van der Waals surface area contributed by atoms with Crippen LogP contribution < -0.4 is 10.1 Å². The van der Waals surface area contributed by atoms with Gasteiger partial charge in [0.1, 0.15) is 5.75 Å². The summed E-state index contributed by atoms with van der Waals surface area (Å²) in [5, 5.41) is 3.22. The molecule has 21 heavy (non-hydrogen) atoms. The molecule has 0 saturated heterocycles. The van der Waals surface area contributed by atoms with Gasteiger partial charge in [0.2, 0.25) is 5.95 Å². The number of rotatable bonds is 6. The third-order valence-corrected chi connectivity index (χ3v) is 3.00. The summed E-state index contributed by atoms with van der Waals surface area (Å²) in [6.45, 7) is 9.07. The number of aryl methyl sites for hydroxylation is 1. The van der Waals surface area contributed by atoms with Crippen LogP contribution in [0.15, 0.2) is 30.5 Å². The summed E-state index contributed by atoms with van der Waals surface area (Å²) in [5.74, 6) is 1.56. The lowest BCUT2D eigenvalue weighted by Crippen LogP contribution is -2.06. The van der Waals surface area contributed by atoms with Crippen LogP contribution in [0, 0.1) is 6.92 Å². The average Bonchev–Trinajstić information content (AvgIpc) is 2.47. The summed E-state index contributed by atoms with van der Waals surface area (Å²) in [6.07, 6.45) is 3.09.